The summed E-state index contributed by atoms with van der Waals surface area (Å²) in [6, 6.07) is 8.44. The van der Waals surface area contributed by atoms with E-state index in [0.29, 0.717) is 19.0 Å². The summed E-state index contributed by atoms with van der Waals surface area (Å²) in [7, 11) is 0. The van der Waals surface area contributed by atoms with Crippen LogP contribution < -0.4 is 10.6 Å². The monoisotopic (exact) mass is 290 g/mol. The van der Waals surface area contributed by atoms with Gasteiger partial charge in [0.2, 0.25) is 11.8 Å². The third-order valence-corrected chi connectivity index (χ3v) is 3.43. The summed E-state index contributed by atoms with van der Waals surface area (Å²) in [4.78, 5) is 22.7. The molecule has 0 aliphatic carbocycles. The Hall–Kier alpha value is -1.84. The van der Waals surface area contributed by atoms with Crippen molar-refractivity contribution in [2.24, 2.45) is 5.92 Å². The molecule has 0 aliphatic rings. The molecule has 1 rings (SSSR count). The molecule has 1 aromatic carbocycles. The summed E-state index contributed by atoms with van der Waals surface area (Å²) < 4.78 is 0. The van der Waals surface area contributed by atoms with E-state index in [2.05, 4.69) is 48.7 Å². The first-order valence-corrected chi connectivity index (χ1v) is 7.51. The molecule has 0 bridgehead atoms. The van der Waals surface area contributed by atoms with Gasteiger partial charge in [-0.25, -0.2) is 0 Å². The Kier molecular flexibility index (Phi) is 6.92. The van der Waals surface area contributed by atoms with E-state index in [4.69, 9.17) is 0 Å². The van der Waals surface area contributed by atoms with E-state index in [9.17, 15) is 9.59 Å². The molecule has 1 atom stereocenters. The van der Waals surface area contributed by atoms with Gasteiger partial charge in [-0.1, -0.05) is 45.0 Å². The van der Waals surface area contributed by atoms with E-state index in [1.54, 1.807) is 0 Å². The molecule has 0 saturated carbocycles. The third kappa shape index (κ3) is 6.43. The average molecular weight is 290 g/mol. The van der Waals surface area contributed by atoms with Gasteiger partial charge in [-0.3, -0.25) is 9.59 Å². The maximum absolute atomic E-state index is 11.9. The quantitative estimate of drug-likeness (QED) is 0.757. The van der Waals surface area contributed by atoms with Gasteiger partial charge < -0.3 is 10.6 Å². The van der Waals surface area contributed by atoms with Gasteiger partial charge in [0.05, 0.1) is 0 Å². The largest absolute Gasteiger partial charge is 0.355 e. The molecule has 116 valence electrons. The number of hydrogen-bond acceptors (Lipinski definition) is 2. The van der Waals surface area contributed by atoms with Crippen molar-refractivity contribution in [1.29, 1.82) is 0 Å². The predicted molar refractivity (Wildman–Crippen MR) is 85.1 cm³/mol. The summed E-state index contributed by atoms with van der Waals surface area (Å²) >= 11 is 0. The highest BCUT2D eigenvalue weighted by molar-refractivity contribution is 5.78. The first kappa shape index (κ1) is 17.2. The molecular weight excluding hydrogens is 264 g/mol. The second kappa shape index (κ2) is 8.45. The summed E-state index contributed by atoms with van der Waals surface area (Å²) in [5.74, 6) is 0.386. The zero-order chi connectivity index (χ0) is 15.8. The predicted octanol–water partition coefficient (Wildman–Crippen LogP) is 2.24. The van der Waals surface area contributed by atoms with Crippen LogP contribution >= 0.6 is 0 Å². The van der Waals surface area contributed by atoms with Gasteiger partial charge in [-0.15, -0.1) is 0 Å². The Balaban J connectivity index is 2.39. The van der Waals surface area contributed by atoms with Gasteiger partial charge in [0.1, 0.15) is 0 Å². The maximum Gasteiger partial charge on any atom is 0.223 e. The summed E-state index contributed by atoms with van der Waals surface area (Å²) in [5, 5.41) is 5.49. The maximum atomic E-state index is 11.9. The van der Waals surface area contributed by atoms with Crippen molar-refractivity contribution in [3.63, 3.8) is 0 Å². The lowest BCUT2D eigenvalue weighted by molar-refractivity contribution is -0.125. The minimum atomic E-state index is -0.0810. The fraction of sp³-hybridized carbons (Fsp3) is 0.529. The second-order valence-corrected chi connectivity index (χ2v) is 5.78. The van der Waals surface area contributed by atoms with Crippen LogP contribution in [0, 0.1) is 5.92 Å². The average Bonchev–Trinajstić information content (AvgIpc) is 2.43. The lowest BCUT2D eigenvalue weighted by Crippen LogP contribution is -2.36. The van der Waals surface area contributed by atoms with Gasteiger partial charge in [-0.05, 0) is 23.5 Å². The summed E-state index contributed by atoms with van der Waals surface area (Å²) in [6.45, 7) is 8.65. The van der Waals surface area contributed by atoms with Crippen LogP contribution in [0.5, 0.6) is 0 Å². The smallest absolute Gasteiger partial charge is 0.223 e. The van der Waals surface area contributed by atoms with Gasteiger partial charge in [0.25, 0.3) is 0 Å². The number of benzene rings is 1. The summed E-state index contributed by atoms with van der Waals surface area (Å²) in [6.07, 6.45) is 0.727. The van der Waals surface area contributed by atoms with Crippen molar-refractivity contribution < 1.29 is 9.59 Å². The molecule has 1 unspecified atom stereocenters. The normalized spacial score (nSPS) is 12.0. The molecule has 0 aromatic heterocycles. The van der Waals surface area contributed by atoms with Crippen LogP contribution in [0.4, 0.5) is 0 Å². The number of hydrogen-bond donors (Lipinski definition) is 2. The molecule has 4 nitrogen and oxygen atoms in total. The van der Waals surface area contributed by atoms with Crippen LogP contribution in [0.1, 0.15) is 44.7 Å². The van der Waals surface area contributed by atoms with Crippen molar-refractivity contribution in [2.75, 3.05) is 13.1 Å². The van der Waals surface area contributed by atoms with Crippen LogP contribution in [0.25, 0.3) is 0 Å². The van der Waals surface area contributed by atoms with E-state index in [1.807, 2.05) is 6.92 Å². The van der Waals surface area contributed by atoms with Crippen LogP contribution in [0.2, 0.25) is 0 Å². The molecule has 21 heavy (non-hydrogen) atoms. The molecule has 0 saturated heterocycles. The zero-order valence-corrected chi connectivity index (χ0v) is 13.4. The Bertz CT molecular complexity index is 466. The summed E-state index contributed by atoms with van der Waals surface area (Å²) in [5.41, 5.74) is 2.48. The van der Waals surface area contributed by atoms with Crippen LogP contribution in [-0.4, -0.2) is 24.9 Å². The second-order valence-electron chi connectivity index (χ2n) is 5.78. The van der Waals surface area contributed by atoms with Crippen LogP contribution in [-0.2, 0) is 16.0 Å². The van der Waals surface area contributed by atoms with E-state index < -0.39 is 0 Å². The first-order valence-electron chi connectivity index (χ1n) is 7.51. The Morgan fingerprint density at radius 1 is 1.00 bits per heavy atom. The number of carbonyl (C=O) groups is 2. The topological polar surface area (TPSA) is 58.2 Å². The van der Waals surface area contributed by atoms with E-state index >= 15 is 0 Å². The lowest BCUT2D eigenvalue weighted by atomic mass is 9.96. The SMILES string of the molecule is CC(=O)NCCNC(=O)C(C)Cc1ccc(C(C)C)cc1. The minimum absolute atomic E-state index is 0.0216. The molecule has 2 amide bonds. The molecule has 0 spiro atoms. The minimum Gasteiger partial charge on any atom is -0.355 e. The molecule has 1 aromatic rings. The zero-order valence-electron chi connectivity index (χ0n) is 13.4. The molecule has 2 N–H and O–H groups in total. The molecular formula is C17H26N2O2. The number of carbonyl (C=O) groups excluding carboxylic acids is 2. The van der Waals surface area contributed by atoms with E-state index in [1.165, 1.54) is 18.1 Å². The molecule has 0 heterocycles. The van der Waals surface area contributed by atoms with Crippen molar-refractivity contribution in [2.45, 2.75) is 40.0 Å². The van der Waals surface area contributed by atoms with Crippen LogP contribution in [0.15, 0.2) is 24.3 Å². The van der Waals surface area contributed by atoms with Crippen molar-refractivity contribution in [3.8, 4) is 0 Å². The molecule has 0 fully saturated rings. The van der Waals surface area contributed by atoms with Gasteiger partial charge >= 0.3 is 0 Å². The van der Waals surface area contributed by atoms with Gasteiger partial charge in [0.15, 0.2) is 0 Å². The molecule has 0 radical (unpaired) electrons. The molecule has 4 heteroatoms. The Morgan fingerprint density at radius 3 is 2.10 bits per heavy atom. The number of amides is 2. The third-order valence-electron chi connectivity index (χ3n) is 3.43. The van der Waals surface area contributed by atoms with E-state index in [-0.39, 0.29) is 17.7 Å². The van der Waals surface area contributed by atoms with Gasteiger partial charge in [-0.2, -0.15) is 0 Å². The fourth-order valence-corrected chi connectivity index (χ4v) is 2.08. The highest BCUT2D eigenvalue weighted by Crippen LogP contribution is 2.16. The fourth-order valence-electron chi connectivity index (χ4n) is 2.08. The Labute approximate surface area is 127 Å². The molecule has 0 aliphatic heterocycles. The first-order chi connectivity index (χ1) is 9.90. The van der Waals surface area contributed by atoms with Crippen LogP contribution in [0.3, 0.4) is 0 Å². The Morgan fingerprint density at radius 2 is 1.57 bits per heavy atom. The standard InChI is InChI=1S/C17H26N2O2/c1-12(2)16-7-5-15(6-8-16)11-13(3)17(21)19-10-9-18-14(4)20/h5-8,12-13H,9-11H2,1-4H3,(H,18,20)(H,19,21). The highest BCUT2D eigenvalue weighted by atomic mass is 16.2. The van der Waals surface area contributed by atoms with Crippen molar-refractivity contribution >= 4 is 11.8 Å². The number of rotatable bonds is 7. The number of nitrogens with one attached hydrogen (secondary N) is 2. The van der Waals surface area contributed by atoms with Gasteiger partial charge in [0, 0.05) is 25.9 Å². The lowest BCUT2D eigenvalue weighted by Gasteiger charge is -2.13. The highest BCUT2D eigenvalue weighted by Gasteiger charge is 2.13. The van der Waals surface area contributed by atoms with E-state index in [0.717, 1.165) is 6.42 Å². The van der Waals surface area contributed by atoms with Crippen molar-refractivity contribution in [3.05, 3.63) is 35.4 Å². The van der Waals surface area contributed by atoms with Crippen molar-refractivity contribution in [1.82, 2.24) is 10.6 Å².